The number of carbonyl (C=O) groups excluding carboxylic acids is 1. The number of hydrogen-bond acceptors (Lipinski definition) is 4. The van der Waals surface area contributed by atoms with Gasteiger partial charge in [-0.2, -0.15) is 0 Å². The van der Waals surface area contributed by atoms with Crippen molar-refractivity contribution < 1.29 is 9.90 Å². The van der Waals surface area contributed by atoms with Crippen LogP contribution in [0.15, 0.2) is 35.3 Å². The molecule has 0 saturated heterocycles. The van der Waals surface area contributed by atoms with E-state index in [9.17, 15) is 14.7 Å². The highest BCUT2D eigenvalue weighted by Gasteiger charge is 2.34. The molecule has 22 heavy (non-hydrogen) atoms. The molecule has 116 valence electrons. The zero-order valence-corrected chi connectivity index (χ0v) is 12.3. The van der Waals surface area contributed by atoms with Gasteiger partial charge in [0.2, 0.25) is 5.91 Å². The van der Waals surface area contributed by atoms with Crippen molar-refractivity contribution in [2.24, 2.45) is 0 Å². The van der Waals surface area contributed by atoms with Crippen molar-refractivity contribution in [2.45, 2.75) is 37.8 Å². The summed E-state index contributed by atoms with van der Waals surface area (Å²) < 4.78 is 1.41. The predicted octanol–water partition coefficient (Wildman–Crippen LogP) is 0.818. The second-order valence-corrected chi connectivity index (χ2v) is 5.87. The molecule has 1 aromatic carbocycles. The lowest BCUT2D eigenvalue weighted by atomic mass is 9.99. The van der Waals surface area contributed by atoms with Gasteiger partial charge in [-0.1, -0.05) is 25.0 Å². The molecule has 0 spiro atoms. The molecule has 0 unspecified atom stereocenters. The summed E-state index contributed by atoms with van der Waals surface area (Å²) in [6.07, 6.45) is 4.79. The Morgan fingerprint density at radius 1 is 1.32 bits per heavy atom. The molecule has 0 bridgehead atoms. The number of benzene rings is 1. The highest BCUT2D eigenvalue weighted by Crippen LogP contribution is 2.29. The Balaban J connectivity index is 1.85. The Morgan fingerprint density at radius 2 is 2.05 bits per heavy atom. The molecule has 1 amide bonds. The van der Waals surface area contributed by atoms with Crippen LogP contribution < -0.4 is 10.9 Å². The minimum atomic E-state index is -0.524. The first-order valence-corrected chi connectivity index (χ1v) is 7.50. The average molecular weight is 301 g/mol. The van der Waals surface area contributed by atoms with E-state index < -0.39 is 5.54 Å². The molecule has 2 N–H and O–H groups in total. The maximum Gasteiger partial charge on any atom is 0.269 e. The largest absolute Gasteiger partial charge is 0.394 e. The number of carbonyl (C=O) groups is 1. The first kappa shape index (κ1) is 14.7. The number of nitrogens with one attached hydrogen (secondary N) is 1. The van der Waals surface area contributed by atoms with Gasteiger partial charge < -0.3 is 10.4 Å². The lowest BCUT2D eigenvalue weighted by Crippen LogP contribution is -2.50. The third kappa shape index (κ3) is 2.74. The van der Waals surface area contributed by atoms with Crippen molar-refractivity contribution in [1.29, 1.82) is 0 Å². The molecule has 0 aliphatic heterocycles. The van der Waals surface area contributed by atoms with Crippen LogP contribution in [0.2, 0.25) is 0 Å². The van der Waals surface area contributed by atoms with E-state index in [1.165, 1.54) is 10.8 Å². The van der Waals surface area contributed by atoms with E-state index >= 15 is 0 Å². The molecule has 6 heteroatoms. The summed E-state index contributed by atoms with van der Waals surface area (Å²) in [4.78, 5) is 28.4. The van der Waals surface area contributed by atoms with E-state index in [2.05, 4.69) is 10.3 Å². The molecular weight excluding hydrogens is 282 g/mol. The lowest BCUT2D eigenvalue weighted by Gasteiger charge is -2.28. The van der Waals surface area contributed by atoms with E-state index in [1.807, 2.05) is 12.1 Å². The van der Waals surface area contributed by atoms with Gasteiger partial charge in [0.15, 0.2) is 0 Å². The number of nitrogens with zero attached hydrogens (tertiary/aromatic N) is 2. The van der Waals surface area contributed by atoms with Crippen molar-refractivity contribution >= 4 is 16.9 Å². The van der Waals surface area contributed by atoms with Gasteiger partial charge in [0, 0.05) is 0 Å². The van der Waals surface area contributed by atoms with E-state index in [0.29, 0.717) is 11.0 Å². The molecule has 1 heterocycles. The molecule has 6 nitrogen and oxygen atoms in total. The van der Waals surface area contributed by atoms with E-state index in [0.717, 1.165) is 25.7 Å². The van der Waals surface area contributed by atoms with Gasteiger partial charge >= 0.3 is 0 Å². The SMILES string of the molecule is O=C(Cn1c(=O)cnc2ccccc21)NC1(CO)CCCC1. The fourth-order valence-electron chi connectivity index (χ4n) is 3.13. The van der Waals surface area contributed by atoms with Gasteiger partial charge in [0.05, 0.1) is 29.4 Å². The van der Waals surface area contributed by atoms with Crippen LogP contribution >= 0.6 is 0 Å². The number of para-hydroxylation sites is 2. The molecule has 1 aliphatic rings. The van der Waals surface area contributed by atoms with Crippen molar-refractivity contribution in [3.63, 3.8) is 0 Å². The molecule has 0 atom stereocenters. The van der Waals surface area contributed by atoms with E-state index in [4.69, 9.17) is 0 Å². The first-order valence-electron chi connectivity index (χ1n) is 7.50. The van der Waals surface area contributed by atoms with Crippen molar-refractivity contribution in [2.75, 3.05) is 6.61 Å². The summed E-state index contributed by atoms with van der Waals surface area (Å²) in [5.74, 6) is -0.255. The quantitative estimate of drug-likeness (QED) is 0.875. The van der Waals surface area contributed by atoms with Gasteiger partial charge in [-0.25, -0.2) is 4.98 Å². The van der Waals surface area contributed by atoms with Crippen LogP contribution in [-0.4, -0.2) is 32.7 Å². The number of amides is 1. The monoisotopic (exact) mass is 301 g/mol. The second-order valence-electron chi connectivity index (χ2n) is 5.87. The zero-order chi connectivity index (χ0) is 15.6. The van der Waals surface area contributed by atoms with Gasteiger partial charge in [-0.15, -0.1) is 0 Å². The molecule has 1 saturated carbocycles. The zero-order valence-electron chi connectivity index (χ0n) is 12.3. The molecule has 0 radical (unpaired) electrons. The van der Waals surface area contributed by atoms with Gasteiger partial charge in [0.25, 0.3) is 5.56 Å². The number of aliphatic hydroxyl groups excluding tert-OH is 1. The van der Waals surface area contributed by atoms with Crippen molar-refractivity contribution in [3.05, 3.63) is 40.8 Å². The Labute approximate surface area is 127 Å². The van der Waals surface area contributed by atoms with Gasteiger partial charge in [-0.05, 0) is 25.0 Å². The summed E-state index contributed by atoms with van der Waals surface area (Å²) >= 11 is 0. The molecule has 3 rings (SSSR count). The van der Waals surface area contributed by atoms with Gasteiger partial charge in [-0.3, -0.25) is 14.2 Å². The Kier molecular flexibility index (Phi) is 3.94. The van der Waals surface area contributed by atoms with Crippen molar-refractivity contribution in [3.8, 4) is 0 Å². The van der Waals surface area contributed by atoms with E-state index in [-0.39, 0.29) is 24.6 Å². The van der Waals surface area contributed by atoms with Crippen LogP contribution in [0.4, 0.5) is 0 Å². The fourth-order valence-corrected chi connectivity index (χ4v) is 3.13. The third-order valence-corrected chi connectivity index (χ3v) is 4.32. The highest BCUT2D eigenvalue weighted by molar-refractivity contribution is 5.80. The Bertz CT molecular complexity index is 748. The molecule has 1 aromatic heterocycles. The first-order chi connectivity index (χ1) is 10.6. The molecule has 2 aromatic rings. The molecule has 1 fully saturated rings. The van der Waals surface area contributed by atoms with Crippen LogP contribution in [0, 0.1) is 0 Å². The lowest BCUT2D eigenvalue weighted by molar-refractivity contribution is -0.124. The Morgan fingerprint density at radius 3 is 2.77 bits per heavy atom. The minimum Gasteiger partial charge on any atom is -0.394 e. The number of aliphatic hydroxyl groups is 1. The summed E-state index contributed by atoms with van der Waals surface area (Å²) in [6, 6.07) is 7.22. The smallest absolute Gasteiger partial charge is 0.269 e. The van der Waals surface area contributed by atoms with Crippen LogP contribution in [-0.2, 0) is 11.3 Å². The minimum absolute atomic E-state index is 0.0648. The summed E-state index contributed by atoms with van der Waals surface area (Å²) in [7, 11) is 0. The van der Waals surface area contributed by atoms with Crippen molar-refractivity contribution in [1.82, 2.24) is 14.9 Å². The molecule has 1 aliphatic carbocycles. The maximum absolute atomic E-state index is 12.3. The van der Waals surface area contributed by atoms with Crippen LogP contribution in [0.3, 0.4) is 0 Å². The topological polar surface area (TPSA) is 84.2 Å². The number of hydrogen-bond donors (Lipinski definition) is 2. The summed E-state index contributed by atoms with van der Waals surface area (Å²) in [6.45, 7) is -0.131. The average Bonchev–Trinajstić information content (AvgIpc) is 2.99. The highest BCUT2D eigenvalue weighted by atomic mass is 16.3. The fraction of sp³-hybridized carbons (Fsp3) is 0.438. The van der Waals surface area contributed by atoms with E-state index in [1.54, 1.807) is 12.1 Å². The standard InChI is InChI=1S/C16H19N3O3/c20-11-16(7-3-4-8-16)18-14(21)10-19-13-6-2-1-5-12(13)17-9-15(19)22/h1-2,5-6,9,20H,3-4,7-8,10-11H2,(H,18,21). The summed E-state index contributed by atoms with van der Waals surface area (Å²) in [5.41, 5.74) is 0.476. The summed E-state index contributed by atoms with van der Waals surface area (Å²) in [5, 5.41) is 12.5. The number of rotatable bonds is 4. The predicted molar refractivity (Wildman–Crippen MR) is 82.4 cm³/mol. The number of fused-ring (bicyclic) bond motifs is 1. The Hall–Kier alpha value is -2.21. The van der Waals surface area contributed by atoms with Crippen LogP contribution in [0.5, 0.6) is 0 Å². The normalized spacial score (nSPS) is 16.8. The van der Waals surface area contributed by atoms with Gasteiger partial charge in [0.1, 0.15) is 6.54 Å². The van der Waals surface area contributed by atoms with Crippen LogP contribution in [0.1, 0.15) is 25.7 Å². The third-order valence-electron chi connectivity index (χ3n) is 4.32. The second kappa shape index (κ2) is 5.88. The van der Waals surface area contributed by atoms with Crippen LogP contribution in [0.25, 0.3) is 11.0 Å². The maximum atomic E-state index is 12.3. The molecular formula is C16H19N3O3. The number of aromatic nitrogens is 2.